The lowest BCUT2D eigenvalue weighted by molar-refractivity contribution is -0.120. The molecule has 1 aromatic rings. The third-order valence-corrected chi connectivity index (χ3v) is 4.73. The topological polar surface area (TPSA) is 58.1 Å². The third-order valence-electron chi connectivity index (χ3n) is 3.35. The Kier molecular flexibility index (Phi) is 5.15. The minimum Gasteiger partial charge on any atom is -0.293 e. The highest BCUT2D eigenvalue weighted by Crippen LogP contribution is 2.22. The number of thioether (sulfide) groups is 1. The standard InChI is InChI=1S/C13H20N4OS/c1-3-11-9-17(7-8-19-11)10(2)12(18)16-13-14-5-4-6-15-13/h4-6,10-11H,3,7-9H2,1-2H3,(H,14,15,16,18)/t10-,11-/m0/s1. The van der Waals surface area contributed by atoms with Gasteiger partial charge in [-0.1, -0.05) is 6.92 Å². The van der Waals surface area contributed by atoms with Crippen molar-refractivity contribution in [1.29, 1.82) is 0 Å². The van der Waals surface area contributed by atoms with E-state index in [9.17, 15) is 4.79 Å². The van der Waals surface area contributed by atoms with Crippen molar-refractivity contribution in [2.75, 3.05) is 24.2 Å². The Morgan fingerprint density at radius 1 is 1.58 bits per heavy atom. The van der Waals surface area contributed by atoms with Crippen LogP contribution in [0.15, 0.2) is 18.5 Å². The average Bonchev–Trinajstić information content (AvgIpc) is 2.47. The van der Waals surface area contributed by atoms with Crippen molar-refractivity contribution in [3.8, 4) is 0 Å². The molecule has 1 aromatic heterocycles. The summed E-state index contributed by atoms with van der Waals surface area (Å²) in [7, 11) is 0. The van der Waals surface area contributed by atoms with Crippen molar-refractivity contribution in [2.24, 2.45) is 0 Å². The van der Waals surface area contributed by atoms with Gasteiger partial charge in [-0.2, -0.15) is 11.8 Å². The van der Waals surface area contributed by atoms with Gasteiger partial charge in [-0.15, -0.1) is 0 Å². The van der Waals surface area contributed by atoms with Gasteiger partial charge in [-0.3, -0.25) is 15.0 Å². The van der Waals surface area contributed by atoms with Crippen LogP contribution in [0.2, 0.25) is 0 Å². The Bertz CT molecular complexity index is 414. The zero-order chi connectivity index (χ0) is 13.7. The highest BCUT2D eigenvalue weighted by molar-refractivity contribution is 8.00. The van der Waals surface area contributed by atoms with E-state index in [4.69, 9.17) is 0 Å². The van der Waals surface area contributed by atoms with Crippen molar-refractivity contribution in [3.05, 3.63) is 18.5 Å². The Balaban J connectivity index is 1.91. The predicted octanol–water partition coefficient (Wildman–Crippen LogP) is 1.63. The van der Waals surface area contributed by atoms with Crippen LogP contribution in [0.3, 0.4) is 0 Å². The second-order valence-corrected chi connectivity index (χ2v) is 6.04. The molecule has 5 nitrogen and oxygen atoms in total. The zero-order valence-corrected chi connectivity index (χ0v) is 12.2. The summed E-state index contributed by atoms with van der Waals surface area (Å²) < 4.78 is 0. The van der Waals surface area contributed by atoms with Gasteiger partial charge in [0.1, 0.15) is 0 Å². The molecule has 1 saturated heterocycles. The van der Waals surface area contributed by atoms with Gasteiger partial charge in [0.2, 0.25) is 11.9 Å². The molecule has 2 atom stereocenters. The van der Waals surface area contributed by atoms with E-state index in [1.54, 1.807) is 18.5 Å². The number of nitrogens with zero attached hydrogens (tertiary/aromatic N) is 3. The summed E-state index contributed by atoms with van der Waals surface area (Å²) in [4.78, 5) is 22.4. The number of nitrogens with one attached hydrogen (secondary N) is 1. The number of rotatable bonds is 4. The molecule has 2 heterocycles. The van der Waals surface area contributed by atoms with Crippen LogP contribution in [-0.2, 0) is 4.79 Å². The highest BCUT2D eigenvalue weighted by atomic mass is 32.2. The number of amides is 1. The maximum atomic E-state index is 12.2. The van der Waals surface area contributed by atoms with Crippen molar-refractivity contribution < 1.29 is 4.79 Å². The van der Waals surface area contributed by atoms with Crippen LogP contribution < -0.4 is 5.32 Å². The molecule has 1 amide bonds. The number of hydrogen-bond acceptors (Lipinski definition) is 5. The van der Waals surface area contributed by atoms with Crippen LogP contribution in [0.25, 0.3) is 0 Å². The molecule has 0 saturated carbocycles. The normalized spacial score (nSPS) is 21.9. The smallest absolute Gasteiger partial charge is 0.243 e. The fourth-order valence-electron chi connectivity index (χ4n) is 2.08. The van der Waals surface area contributed by atoms with E-state index in [0.717, 1.165) is 25.3 Å². The van der Waals surface area contributed by atoms with Crippen molar-refractivity contribution in [2.45, 2.75) is 31.6 Å². The first-order valence-corrected chi connectivity index (χ1v) is 7.69. The van der Waals surface area contributed by atoms with Gasteiger partial charge in [-0.25, -0.2) is 9.97 Å². The van der Waals surface area contributed by atoms with E-state index in [2.05, 4.69) is 27.1 Å². The first-order valence-electron chi connectivity index (χ1n) is 6.64. The van der Waals surface area contributed by atoms with E-state index in [1.165, 1.54) is 0 Å². The zero-order valence-electron chi connectivity index (χ0n) is 11.4. The Labute approximate surface area is 118 Å². The number of anilines is 1. The molecule has 0 bridgehead atoms. The maximum Gasteiger partial charge on any atom is 0.243 e. The quantitative estimate of drug-likeness (QED) is 0.908. The van der Waals surface area contributed by atoms with E-state index >= 15 is 0 Å². The fraction of sp³-hybridized carbons (Fsp3) is 0.615. The van der Waals surface area contributed by atoms with Gasteiger partial charge in [0, 0.05) is 36.5 Å². The molecule has 0 aromatic carbocycles. The minimum atomic E-state index is -0.140. The molecular weight excluding hydrogens is 260 g/mol. The molecule has 2 rings (SSSR count). The van der Waals surface area contributed by atoms with Crippen LogP contribution >= 0.6 is 11.8 Å². The van der Waals surface area contributed by atoms with Gasteiger partial charge < -0.3 is 0 Å². The number of carbonyl (C=O) groups excluding carboxylic acids is 1. The first kappa shape index (κ1) is 14.3. The summed E-state index contributed by atoms with van der Waals surface area (Å²) in [6, 6.07) is 1.59. The van der Waals surface area contributed by atoms with E-state index < -0.39 is 0 Å². The van der Waals surface area contributed by atoms with Gasteiger partial charge >= 0.3 is 0 Å². The lowest BCUT2D eigenvalue weighted by atomic mass is 10.2. The van der Waals surface area contributed by atoms with Crippen LogP contribution in [0, 0.1) is 0 Å². The van der Waals surface area contributed by atoms with Crippen molar-refractivity contribution >= 4 is 23.6 Å². The van der Waals surface area contributed by atoms with Crippen LogP contribution in [-0.4, -0.2) is 50.9 Å². The van der Waals surface area contributed by atoms with Crippen LogP contribution in [0.4, 0.5) is 5.95 Å². The molecule has 104 valence electrons. The van der Waals surface area contributed by atoms with Gasteiger partial charge in [-0.05, 0) is 19.4 Å². The monoisotopic (exact) mass is 280 g/mol. The maximum absolute atomic E-state index is 12.2. The fourth-order valence-corrected chi connectivity index (χ4v) is 3.29. The van der Waals surface area contributed by atoms with Crippen LogP contribution in [0.5, 0.6) is 0 Å². The first-order chi connectivity index (χ1) is 9.20. The molecule has 1 fully saturated rings. The summed E-state index contributed by atoms with van der Waals surface area (Å²) in [5, 5.41) is 3.40. The molecule has 0 radical (unpaired) electrons. The predicted molar refractivity (Wildman–Crippen MR) is 78.2 cm³/mol. The van der Waals surface area contributed by atoms with E-state index in [1.807, 2.05) is 18.7 Å². The highest BCUT2D eigenvalue weighted by Gasteiger charge is 2.27. The van der Waals surface area contributed by atoms with Gasteiger partial charge in [0.05, 0.1) is 6.04 Å². The lowest BCUT2D eigenvalue weighted by Crippen LogP contribution is -2.48. The summed E-state index contributed by atoms with van der Waals surface area (Å²) in [5.74, 6) is 1.43. The Hall–Kier alpha value is -1.14. The SMILES string of the molecule is CC[C@H]1CN([C@@H](C)C(=O)Nc2ncccn2)CCS1. The van der Waals surface area contributed by atoms with Crippen molar-refractivity contribution in [1.82, 2.24) is 14.9 Å². The molecule has 0 unspecified atom stereocenters. The molecule has 0 spiro atoms. The van der Waals surface area contributed by atoms with E-state index in [0.29, 0.717) is 11.2 Å². The van der Waals surface area contributed by atoms with Gasteiger partial charge in [0.15, 0.2) is 0 Å². The van der Waals surface area contributed by atoms with Crippen LogP contribution in [0.1, 0.15) is 20.3 Å². The second-order valence-electron chi connectivity index (χ2n) is 4.63. The number of hydrogen-bond donors (Lipinski definition) is 1. The largest absolute Gasteiger partial charge is 0.293 e. The summed E-state index contributed by atoms with van der Waals surface area (Å²) in [5.41, 5.74) is 0. The number of carbonyl (C=O) groups is 1. The van der Waals surface area contributed by atoms with E-state index in [-0.39, 0.29) is 11.9 Å². The molecule has 19 heavy (non-hydrogen) atoms. The molecular formula is C13H20N4OS. The lowest BCUT2D eigenvalue weighted by Gasteiger charge is -2.35. The molecule has 6 heteroatoms. The third kappa shape index (κ3) is 3.91. The Morgan fingerprint density at radius 3 is 3.00 bits per heavy atom. The summed E-state index contributed by atoms with van der Waals surface area (Å²) in [6.07, 6.45) is 4.40. The minimum absolute atomic E-state index is 0.0343. The molecule has 1 aliphatic heterocycles. The molecule has 0 aliphatic carbocycles. The Morgan fingerprint density at radius 2 is 2.32 bits per heavy atom. The van der Waals surface area contributed by atoms with Crippen molar-refractivity contribution in [3.63, 3.8) is 0 Å². The summed E-state index contributed by atoms with van der Waals surface area (Å²) in [6.45, 7) is 6.08. The van der Waals surface area contributed by atoms with Gasteiger partial charge in [0.25, 0.3) is 0 Å². The molecule has 1 N–H and O–H groups in total. The average molecular weight is 280 g/mol. The molecule has 1 aliphatic rings. The second kappa shape index (κ2) is 6.86. The summed E-state index contributed by atoms with van der Waals surface area (Å²) >= 11 is 2.00. The number of aromatic nitrogens is 2.